The minimum absolute atomic E-state index is 0.323. The second kappa shape index (κ2) is 11.9. The Labute approximate surface area is 224 Å². The van der Waals surface area contributed by atoms with Gasteiger partial charge in [-0.2, -0.15) is 11.3 Å². The summed E-state index contributed by atoms with van der Waals surface area (Å²) in [6.45, 7) is 4.26. The maximum Gasteiger partial charge on any atom is 0.325 e. The Balaban J connectivity index is 1.20. The zero-order chi connectivity index (χ0) is 25.7. The second-order valence-corrected chi connectivity index (χ2v) is 11.7. The Morgan fingerprint density at radius 1 is 1.00 bits per heavy atom. The molecule has 3 unspecified atom stereocenters. The number of nitrogens with zero attached hydrogens (tertiary/aromatic N) is 2. The molecule has 196 valence electrons. The first-order chi connectivity index (χ1) is 18.0. The van der Waals surface area contributed by atoms with Gasteiger partial charge in [0.2, 0.25) is 0 Å². The molecule has 37 heavy (non-hydrogen) atoms. The van der Waals surface area contributed by atoms with Crippen molar-refractivity contribution in [1.82, 2.24) is 9.80 Å². The average molecular weight is 519 g/mol. The van der Waals surface area contributed by atoms with E-state index < -0.39 is 17.6 Å². The molecule has 6 heteroatoms. The molecule has 0 aliphatic carbocycles. The number of hydrogen-bond donors (Lipinski definition) is 2. The fourth-order valence-electron chi connectivity index (χ4n) is 6.31. The molecule has 2 saturated heterocycles. The van der Waals surface area contributed by atoms with Crippen molar-refractivity contribution in [3.05, 3.63) is 94.2 Å². The number of aliphatic hydroxyl groups is 1. The van der Waals surface area contributed by atoms with Crippen molar-refractivity contribution in [1.29, 1.82) is 0 Å². The van der Waals surface area contributed by atoms with Gasteiger partial charge in [-0.15, -0.1) is 0 Å². The second-order valence-electron chi connectivity index (χ2n) is 10.9. The number of benzene rings is 2. The van der Waals surface area contributed by atoms with Gasteiger partial charge in [0, 0.05) is 38.6 Å². The molecule has 5 nitrogen and oxygen atoms in total. The number of likely N-dealkylation sites (tertiary alicyclic amines) is 2. The maximum atomic E-state index is 12.3. The maximum absolute atomic E-state index is 12.3. The summed E-state index contributed by atoms with van der Waals surface area (Å²) in [6, 6.07) is 21.7. The molecule has 5 rings (SSSR count). The third-order valence-electron chi connectivity index (χ3n) is 8.38. The molecule has 3 aromatic rings. The summed E-state index contributed by atoms with van der Waals surface area (Å²) in [5.41, 5.74) is 2.94. The SMILES string of the molecule is O=C(O)C(c1ccccc1)N1CC(CN2CCC(O)(CCCc3ccccc3)CC2)C(c2ccsc2)C1. The number of carboxylic acid groups (broad SMARTS) is 1. The van der Waals surface area contributed by atoms with Crippen molar-refractivity contribution in [3.63, 3.8) is 0 Å². The van der Waals surface area contributed by atoms with Gasteiger partial charge in [0.25, 0.3) is 0 Å². The van der Waals surface area contributed by atoms with Gasteiger partial charge in [0.15, 0.2) is 0 Å². The molecule has 2 aliphatic heterocycles. The van der Waals surface area contributed by atoms with E-state index >= 15 is 0 Å². The van der Waals surface area contributed by atoms with Gasteiger partial charge < -0.3 is 15.1 Å². The Kier molecular flexibility index (Phi) is 8.40. The number of thiophene rings is 1. The number of aliphatic carboxylic acids is 1. The molecule has 0 radical (unpaired) electrons. The van der Waals surface area contributed by atoms with Crippen LogP contribution in [0.25, 0.3) is 0 Å². The molecular weight excluding hydrogens is 480 g/mol. The molecule has 1 aromatic heterocycles. The Morgan fingerprint density at radius 3 is 2.35 bits per heavy atom. The number of carboxylic acids is 1. The van der Waals surface area contributed by atoms with E-state index in [1.54, 1.807) is 11.3 Å². The van der Waals surface area contributed by atoms with E-state index in [1.165, 1.54) is 11.1 Å². The minimum atomic E-state index is -0.783. The highest BCUT2D eigenvalue weighted by atomic mass is 32.1. The molecule has 3 atom stereocenters. The van der Waals surface area contributed by atoms with Crippen molar-refractivity contribution in [2.75, 3.05) is 32.7 Å². The van der Waals surface area contributed by atoms with E-state index in [0.29, 0.717) is 11.8 Å². The summed E-state index contributed by atoms with van der Waals surface area (Å²) in [5, 5.41) is 25.7. The summed E-state index contributed by atoms with van der Waals surface area (Å²) >= 11 is 1.71. The zero-order valence-electron chi connectivity index (χ0n) is 21.4. The van der Waals surface area contributed by atoms with Gasteiger partial charge in [0.1, 0.15) is 6.04 Å². The molecule has 0 bridgehead atoms. The van der Waals surface area contributed by atoms with Crippen LogP contribution in [0.3, 0.4) is 0 Å². The van der Waals surface area contributed by atoms with Crippen molar-refractivity contribution < 1.29 is 15.0 Å². The highest BCUT2D eigenvalue weighted by molar-refractivity contribution is 7.08. The van der Waals surface area contributed by atoms with Gasteiger partial charge in [-0.1, -0.05) is 60.7 Å². The summed E-state index contributed by atoms with van der Waals surface area (Å²) in [6.07, 6.45) is 4.49. The Morgan fingerprint density at radius 2 is 1.70 bits per heavy atom. The lowest BCUT2D eigenvalue weighted by molar-refractivity contribution is -0.143. The monoisotopic (exact) mass is 518 g/mol. The summed E-state index contributed by atoms with van der Waals surface area (Å²) in [4.78, 5) is 17.0. The molecule has 2 fully saturated rings. The number of rotatable bonds is 10. The lowest BCUT2D eigenvalue weighted by Crippen LogP contribution is -2.46. The quantitative estimate of drug-likeness (QED) is 0.374. The van der Waals surface area contributed by atoms with Crippen LogP contribution in [0, 0.1) is 5.92 Å². The van der Waals surface area contributed by atoms with Crippen LogP contribution in [0.1, 0.15) is 54.3 Å². The van der Waals surface area contributed by atoms with Gasteiger partial charge in [-0.3, -0.25) is 9.69 Å². The Bertz CT molecular complexity index is 1110. The smallest absolute Gasteiger partial charge is 0.325 e. The van der Waals surface area contributed by atoms with Crippen molar-refractivity contribution in [2.24, 2.45) is 5.92 Å². The van der Waals surface area contributed by atoms with E-state index in [9.17, 15) is 15.0 Å². The first-order valence-electron chi connectivity index (χ1n) is 13.5. The highest BCUT2D eigenvalue weighted by Gasteiger charge is 2.41. The molecular formula is C31H38N2O3S. The van der Waals surface area contributed by atoms with Gasteiger partial charge in [-0.25, -0.2) is 0 Å². The first kappa shape index (κ1) is 26.1. The normalized spacial score (nSPS) is 23.2. The summed E-state index contributed by atoms with van der Waals surface area (Å²) < 4.78 is 0. The molecule has 2 N–H and O–H groups in total. The number of carbonyl (C=O) groups is 1. The predicted octanol–water partition coefficient (Wildman–Crippen LogP) is 5.44. The number of piperidine rings is 1. The van der Waals surface area contributed by atoms with E-state index in [1.807, 2.05) is 36.4 Å². The van der Waals surface area contributed by atoms with E-state index in [0.717, 1.165) is 70.4 Å². The number of hydrogen-bond acceptors (Lipinski definition) is 5. The van der Waals surface area contributed by atoms with Crippen LogP contribution in [-0.2, 0) is 11.2 Å². The number of aryl methyl sites for hydroxylation is 1. The Hall–Kier alpha value is -2.51. The van der Waals surface area contributed by atoms with E-state index in [2.05, 4.69) is 50.9 Å². The van der Waals surface area contributed by atoms with Crippen molar-refractivity contribution in [2.45, 2.75) is 49.7 Å². The predicted molar refractivity (Wildman–Crippen MR) is 149 cm³/mol. The fraction of sp³-hybridized carbons (Fsp3) is 0.452. The van der Waals surface area contributed by atoms with Gasteiger partial charge in [-0.05, 0) is 71.5 Å². The van der Waals surface area contributed by atoms with Crippen LogP contribution in [0.5, 0.6) is 0 Å². The van der Waals surface area contributed by atoms with Crippen LogP contribution in [0.4, 0.5) is 0 Å². The molecule has 2 aliphatic rings. The molecule has 3 heterocycles. The van der Waals surface area contributed by atoms with E-state index in [4.69, 9.17) is 0 Å². The van der Waals surface area contributed by atoms with Crippen LogP contribution in [0.2, 0.25) is 0 Å². The van der Waals surface area contributed by atoms with Crippen molar-refractivity contribution in [3.8, 4) is 0 Å². The molecule has 2 aromatic carbocycles. The topological polar surface area (TPSA) is 64.0 Å². The molecule has 0 saturated carbocycles. The van der Waals surface area contributed by atoms with Crippen LogP contribution >= 0.6 is 11.3 Å². The van der Waals surface area contributed by atoms with Gasteiger partial charge >= 0.3 is 5.97 Å². The molecule has 0 amide bonds. The first-order valence-corrected chi connectivity index (χ1v) is 14.5. The minimum Gasteiger partial charge on any atom is -0.480 e. The summed E-state index contributed by atoms with van der Waals surface area (Å²) in [7, 11) is 0. The average Bonchev–Trinajstić information content (AvgIpc) is 3.57. The van der Waals surface area contributed by atoms with Crippen LogP contribution in [-0.4, -0.2) is 64.3 Å². The lowest BCUT2D eigenvalue weighted by atomic mass is 9.84. The molecule has 0 spiro atoms. The standard InChI is InChI=1S/C31H38N2O3S/c34-30(35)29(25-11-5-2-6-12-25)33-21-27(28(22-33)26-13-19-37-23-26)20-32-17-15-31(36,16-18-32)14-7-10-24-8-3-1-4-9-24/h1-6,8-9,11-13,19,23,27-29,36H,7,10,14-18,20-22H2,(H,34,35). The zero-order valence-corrected chi connectivity index (χ0v) is 22.2. The summed E-state index contributed by atoms with van der Waals surface area (Å²) in [5.74, 6) is -0.0950. The largest absolute Gasteiger partial charge is 0.480 e. The van der Waals surface area contributed by atoms with Crippen LogP contribution in [0.15, 0.2) is 77.5 Å². The fourth-order valence-corrected chi connectivity index (χ4v) is 7.03. The van der Waals surface area contributed by atoms with Crippen LogP contribution < -0.4 is 0 Å². The van der Waals surface area contributed by atoms with Crippen molar-refractivity contribution >= 4 is 17.3 Å². The van der Waals surface area contributed by atoms with Gasteiger partial charge in [0.05, 0.1) is 5.60 Å². The van der Waals surface area contributed by atoms with E-state index in [-0.39, 0.29) is 0 Å². The highest BCUT2D eigenvalue weighted by Crippen LogP contribution is 2.39. The third-order valence-corrected chi connectivity index (χ3v) is 9.09. The third kappa shape index (κ3) is 6.50. The lowest BCUT2D eigenvalue weighted by Gasteiger charge is -2.40.